The normalized spacial score (nSPS) is 13.1. The first-order valence-electron chi connectivity index (χ1n) is 4.55. The maximum atomic E-state index is 10.6. The smallest absolute Gasteiger partial charge is 0.315 e. The maximum absolute atomic E-state index is 10.6. The zero-order valence-electron chi connectivity index (χ0n) is 8.52. The third-order valence-electron chi connectivity index (χ3n) is 1.81. The van der Waals surface area contributed by atoms with Crippen molar-refractivity contribution in [2.24, 2.45) is 5.92 Å². The first-order valence-corrected chi connectivity index (χ1v) is 4.55. The second-order valence-corrected chi connectivity index (χ2v) is 3.69. The highest BCUT2D eigenvalue weighted by atomic mass is 16.4. The molecular formula is C9H14N2O3. The fourth-order valence-electron chi connectivity index (χ4n) is 0.979. The molecule has 1 aromatic rings. The fraction of sp³-hybridized carbons (Fsp3) is 0.667. The van der Waals surface area contributed by atoms with E-state index >= 15 is 0 Å². The number of rotatable bonds is 4. The molecule has 0 aromatic carbocycles. The van der Waals surface area contributed by atoms with Crippen molar-refractivity contribution in [3.05, 3.63) is 11.8 Å². The van der Waals surface area contributed by atoms with Crippen molar-refractivity contribution in [3.63, 3.8) is 0 Å². The SMILES string of the molecule is CC(C)Cc1nnc(C(C)C(=O)O)o1. The molecule has 78 valence electrons. The van der Waals surface area contributed by atoms with E-state index in [0.717, 1.165) is 0 Å². The van der Waals surface area contributed by atoms with E-state index in [2.05, 4.69) is 10.2 Å². The van der Waals surface area contributed by atoms with Crippen LogP contribution in [0.2, 0.25) is 0 Å². The van der Waals surface area contributed by atoms with Gasteiger partial charge in [0, 0.05) is 6.42 Å². The van der Waals surface area contributed by atoms with Crippen molar-refractivity contribution in [2.45, 2.75) is 33.1 Å². The van der Waals surface area contributed by atoms with Crippen LogP contribution in [0, 0.1) is 5.92 Å². The van der Waals surface area contributed by atoms with Crippen LogP contribution in [0.3, 0.4) is 0 Å². The molecule has 0 saturated heterocycles. The Kier molecular flexibility index (Phi) is 3.22. The van der Waals surface area contributed by atoms with Gasteiger partial charge in [-0.05, 0) is 12.8 Å². The average Bonchev–Trinajstić information content (AvgIpc) is 2.50. The van der Waals surface area contributed by atoms with Crippen molar-refractivity contribution in [2.75, 3.05) is 0 Å². The Balaban J connectivity index is 2.72. The third-order valence-corrected chi connectivity index (χ3v) is 1.81. The number of hydrogen-bond acceptors (Lipinski definition) is 4. The molecule has 0 amide bonds. The van der Waals surface area contributed by atoms with Gasteiger partial charge >= 0.3 is 5.97 Å². The number of aliphatic carboxylic acids is 1. The lowest BCUT2D eigenvalue weighted by Gasteiger charge is -1.99. The molecule has 0 saturated carbocycles. The zero-order chi connectivity index (χ0) is 10.7. The van der Waals surface area contributed by atoms with Gasteiger partial charge in [0.25, 0.3) is 0 Å². The highest BCUT2D eigenvalue weighted by Crippen LogP contribution is 2.15. The number of carboxylic acids is 1. The Morgan fingerprint density at radius 3 is 2.57 bits per heavy atom. The Morgan fingerprint density at radius 2 is 2.07 bits per heavy atom. The lowest BCUT2D eigenvalue weighted by atomic mass is 10.1. The third kappa shape index (κ3) is 2.55. The first kappa shape index (κ1) is 10.7. The van der Waals surface area contributed by atoms with Gasteiger partial charge in [-0.3, -0.25) is 4.79 Å². The van der Waals surface area contributed by atoms with Crippen molar-refractivity contribution in [1.29, 1.82) is 0 Å². The van der Waals surface area contributed by atoms with E-state index in [4.69, 9.17) is 9.52 Å². The minimum atomic E-state index is -0.954. The van der Waals surface area contributed by atoms with Crippen LogP contribution >= 0.6 is 0 Å². The second-order valence-electron chi connectivity index (χ2n) is 3.69. The maximum Gasteiger partial charge on any atom is 0.315 e. The Bertz CT molecular complexity index is 320. The molecule has 0 aliphatic heterocycles. The van der Waals surface area contributed by atoms with Crippen LogP contribution in [0.1, 0.15) is 38.5 Å². The van der Waals surface area contributed by atoms with Crippen molar-refractivity contribution in [3.8, 4) is 0 Å². The predicted molar refractivity (Wildman–Crippen MR) is 48.9 cm³/mol. The quantitative estimate of drug-likeness (QED) is 0.792. The summed E-state index contributed by atoms with van der Waals surface area (Å²) in [5, 5.41) is 16.2. The van der Waals surface area contributed by atoms with Crippen molar-refractivity contribution >= 4 is 5.97 Å². The molecular weight excluding hydrogens is 184 g/mol. The van der Waals surface area contributed by atoms with E-state index < -0.39 is 11.9 Å². The monoisotopic (exact) mass is 198 g/mol. The number of carboxylic acid groups (broad SMARTS) is 1. The van der Waals surface area contributed by atoms with Gasteiger partial charge in [-0.1, -0.05) is 13.8 Å². The van der Waals surface area contributed by atoms with Crippen LogP contribution in [0.5, 0.6) is 0 Å². The summed E-state index contributed by atoms with van der Waals surface area (Å²) < 4.78 is 5.21. The topological polar surface area (TPSA) is 76.2 Å². The highest BCUT2D eigenvalue weighted by Gasteiger charge is 2.20. The van der Waals surface area contributed by atoms with Crippen LogP contribution in [-0.4, -0.2) is 21.3 Å². The van der Waals surface area contributed by atoms with Crippen LogP contribution < -0.4 is 0 Å². The molecule has 5 nitrogen and oxygen atoms in total. The molecule has 0 fully saturated rings. The molecule has 1 rings (SSSR count). The summed E-state index contributed by atoms with van der Waals surface area (Å²) in [5.74, 6) is -0.590. The van der Waals surface area contributed by atoms with E-state index in [1.165, 1.54) is 6.92 Å². The molecule has 1 heterocycles. The van der Waals surface area contributed by atoms with E-state index in [9.17, 15) is 4.79 Å². The van der Waals surface area contributed by atoms with E-state index in [1.54, 1.807) is 0 Å². The first-order chi connectivity index (χ1) is 6.50. The van der Waals surface area contributed by atoms with Crippen molar-refractivity contribution in [1.82, 2.24) is 10.2 Å². The molecule has 1 atom stereocenters. The number of hydrogen-bond donors (Lipinski definition) is 1. The van der Waals surface area contributed by atoms with Crippen LogP contribution in [0.4, 0.5) is 0 Å². The lowest BCUT2D eigenvalue weighted by Crippen LogP contribution is -2.07. The van der Waals surface area contributed by atoms with E-state index in [-0.39, 0.29) is 5.89 Å². The molecule has 1 unspecified atom stereocenters. The summed E-state index contributed by atoms with van der Waals surface area (Å²) in [6.07, 6.45) is 0.680. The number of nitrogens with zero attached hydrogens (tertiary/aromatic N) is 2. The molecule has 0 aliphatic rings. The Hall–Kier alpha value is -1.39. The summed E-state index contributed by atoms with van der Waals surface area (Å²) in [6.45, 7) is 5.59. The van der Waals surface area contributed by atoms with E-state index in [0.29, 0.717) is 18.2 Å². The van der Waals surface area contributed by atoms with Gasteiger partial charge in [0.05, 0.1) is 0 Å². The summed E-state index contributed by atoms with van der Waals surface area (Å²) in [4.78, 5) is 10.6. The van der Waals surface area contributed by atoms with Gasteiger partial charge in [0.2, 0.25) is 11.8 Å². The van der Waals surface area contributed by atoms with Gasteiger partial charge in [-0.15, -0.1) is 10.2 Å². The van der Waals surface area contributed by atoms with E-state index in [1.807, 2.05) is 13.8 Å². The minimum Gasteiger partial charge on any atom is -0.481 e. The molecule has 0 aliphatic carbocycles. The largest absolute Gasteiger partial charge is 0.481 e. The predicted octanol–water partition coefficient (Wildman–Crippen LogP) is 1.46. The summed E-state index contributed by atoms with van der Waals surface area (Å²) in [7, 11) is 0. The molecule has 5 heteroatoms. The molecule has 14 heavy (non-hydrogen) atoms. The highest BCUT2D eigenvalue weighted by molar-refractivity contribution is 5.73. The molecule has 0 radical (unpaired) electrons. The van der Waals surface area contributed by atoms with Gasteiger partial charge in [-0.25, -0.2) is 0 Å². The van der Waals surface area contributed by atoms with Gasteiger partial charge < -0.3 is 9.52 Å². The Labute approximate surface area is 82.1 Å². The van der Waals surface area contributed by atoms with Crippen LogP contribution in [0.15, 0.2) is 4.42 Å². The summed E-state index contributed by atoms with van der Waals surface area (Å²) in [6, 6.07) is 0. The molecule has 1 N–H and O–H groups in total. The van der Waals surface area contributed by atoms with Crippen LogP contribution in [0.25, 0.3) is 0 Å². The minimum absolute atomic E-state index is 0.174. The van der Waals surface area contributed by atoms with Crippen molar-refractivity contribution < 1.29 is 14.3 Å². The molecule has 1 aromatic heterocycles. The molecule has 0 spiro atoms. The van der Waals surface area contributed by atoms with Crippen LogP contribution in [-0.2, 0) is 11.2 Å². The Morgan fingerprint density at radius 1 is 1.43 bits per heavy atom. The van der Waals surface area contributed by atoms with Gasteiger partial charge in [0.15, 0.2) is 0 Å². The zero-order valence-corrected chi connectivity index (χ0v) is 8.52. The fourth-order valence-corrected chi connectivity index (χ4v) is 0.979. The van der Waals surface area contributed by atoms with Gasteiger partial charge in [0.1, 0.15) is 5.92 Å². The lowest BCUT2D eigenvalue weighted by molar-refractivity contribution is -0.138. The summed E-state index contributed by atoms with van der Waals surface area (Å²) >= 11 is 0. The summed E-state index contributed by atoms with van der Waals surface area (Å²) in [5.41, 5.74) is 0. The standard InChI is InChI=1S/C9H14N2O3/c1-5(2)4-7-10-11-8(14-7)6(3)9(12)13/h5-6H,4H2,1-3H3,(H,12,13). The number of carbonyl (C=O) groups is 1. The number of aromatic nitrogens is 2. The second kappa shape index (κ2) is 4.21. The van der Waals surface area contributed by atoms with Gasteiger partial charge in [-0.2, -0.15) is 0 Å². The molecule has 0 bridgehead atoms. The average molecular weight is 198 g/mol.